The van der Waals surface area contributed by atoms with Gasteiger partial charge in [-0.1, -0.05) is 37.0 Å². The van der Waals surface area contributed by atoms with Crippen LogP contribution in [0, 0.1) is 0 Å². The van der Waals surface area contributed by atoms with Crippen molar-refractivity contribution in [2.24, 2.45) is 0 Å². The van der Waals surface area contributed by atoms with Crippen molar-refractivity contribution in [3.63, 3.8) is 0 Å². The monoisotopic (exact) mass is 301 g/mol. The molecular weight excluding hydrogens is 281 g/mol. The SMILES string of the molecule is COc1cc(Cl)c(C(C)(C)CCNC2CC2)cc1Cl. The van der Waals surface area contributed by atoms with Crippen molar-refractivity contribution in [2.75, 3.05) is 13.7 Å². The summed E-state index contributed by atoms with van der Waals surface area (Å²) in [5.74, 6) is 0.627. The summed E-state index contributed by atoms with van der Waals surface area (Å²) >= 11 is 12.6. The van der Waals surface area contributed by atoms with E-state index in [-0.39, 0.29) is 5.41 Å². The van der Waals surface area contributed by atoms with E-state index in [4.69, 9.17) is 27.9 Å². The molecule has 1 aliphatic rings. The van der Waals surface area contributed by atoms with E-state index in [1.54, 1.807) is 13.2 Å². The zero-order valence-corrected chi connectivity index (χ0v) is 13.2. The Labute approximate surface area is 125 Å². The Hall–Kier alpha value is -0.440. The topological polar surface area (TPSA) is 21.3 Å². The lowest BCUT2D eigenvalue weighted by Crippen LogP contribution is -2.27. The van der Waals surface area contributed by atoms with Crippen molar-refractivity contribution in [1.29, 1.82) is 0 Å². The van der Waals surface area contributed by atoms with E-state index in [2.05, 4.69) is 19.2 Å². The fourth-order valence-electron chi connectivity index (χ4n) is 2.21. The predicted octanol–water partition coefficient (Wildman–Crippen LogP) is 4.42. The molecule has 0 amide bonds. The van der Waals surface area contributed by atoms with E-state index >= 15 is 0 Å². The van der Waals surface area contributed by atoms with Gasteiger partial charge in [-0.3, -0.25) is 0 Å². The summed E-state index contributed by atoms with van der Waals surface area (Å²) in [5, 5.41) is 4.87. The van der Waals surface area contributed by atoms with Crippen molar-refractivity contribution < 1.29 is 4.74 Å². The molecule has 1 aromatic rings. The number of hydrogen-bond acceptors (Lipinski definition) is 2. The van der Waals surface area contributed by atoms with E-state index in [0.717, 1.165) is 29.6 Å². The van der Waals surface area contributed by atoms with E-state index in [1.165, 1.54) is 12.8 Å². The van der Waals surface area contributed by atoms with Crippen LogP contribution in [0.3, 0.4) is 0 Å². The van der Waals surface area contributed by atoms with Gasteiger partial charge < -0.3 is 10.1 Å². The number of benzene rings is 1. The smallest absolute Gasteiger partial charge is 0.138 e. The molecule has 0 heterocycles. The first-order valence-electron chi connectivity index (χ1n) is 6.71. The van der Waals surface area contributed by atoms with Crippen LogP contribution in [0.25, 0.3) is 0 Å². The van der Waals surface area contributed by atoms with Gasteiger partial charge in [-0.25, -0.2) is 0 Å². The number of nitrogens with one attached hydrogen (secondary N) is 1. The second-order valence-electron chi connectivity index (χ2n) is 5.83. The van der Waals surface area contributed by atoms with Crippen LogP contribution in [0.4, 0.5) is 0 Å². The van der Waals surface area contributed by atoms with E-state index in [1.807, 2.05) is 6.07 Å². The Morgan fingerprint density at radius 2 is 1.95 bits per heavy atom. The first-order valence-corrected chi connectivity index (χ1v) is 7.46. The van der Waals surface area contributed by atoms with Crippen LogP contribution in [-0.2, 0) is 5.41 Å². The lowest BCUT2D eigenvalue weighted by molar-refractivity contribution is 0.413. The summed E-state index contributed by atoms with van der Waals surface area (Å²) < 4.78 is 5.19. The van der Waals surface area contributed by atoms with Gasteiger partial charge in [-0.2, -0.15) is 0 Å². The molecule has 19 heavy (non-hydrogen) atoms. The zero-order chi connectivity index (χ0) is 14.0. The summed E-state index contributed by atoms with van der Waals surface area (Å²) in [4.78, 5) is 0. The van der Waals surface area contributed by atoms with E-state index in [0.29, 0.717) is 10.8 Å². The van der Waals surface area contributed by atoms with E-state index < -0.39 is 0 Å². The molecule has 2 nitrogen and oxygen atoms in total. The highest BCUT2D eigenvalue weighted by molar-refractivity contribution is 6.34. The number of hydrogen-bond donors (Lipinski definition) is 1. The lowest BCUT2D eigenvalue weighted by atomic mass is 9.81. The standard InChI is InChI=1S/C15H21Cl2NO/c1-15(2,6-7-18-10-4-5-10)11-8-13(17)14(19-3)9-12(11)16/h8-10,18H,4-7H2,1-3H3. The zero-order valence-electron chi connectivity index (χ0n) is 11.7. The molecule has 1 N–H and O–H groups in total. The minimum absolute atomic E-state index is 0.00507. The van der Waals surface area contributed by atoms with Gasteiger partial charge in [0.15, 0.2) is 0 Å². The maximum atomic E-state index is 6.36. The van der Waals surface area contributed by atoms with Gasteiger partial charge in [0.2, 0.25) is 0 Å². The molecule has 0 radical (unpaired) electrons. The molecule has 0 spiro atoms. The molecule has 0 bridgehead atoms. The van der Waals surface area contributed by atoms with Gasteiger partial charge in [0.05, 0.1) is 12.1 Å². The molecular formula is C15H21Cl2NO. The van der Waals surface area contributed by atoms with Gasteiger partial charge in [0, 0.05) is 17.1 Å². The number of halogens is 2. The Balaban J connectivity index is 2.11. The third-order valence-electron chi connectivity index (χ3n) is 3.73. The molecule has 0 aromatic heterocycles. The Bertz CT molecular complexity index is 456. The third kappa shape index (κ3) is 3.77. The fourth-order valence-corrected chi connectivity index (χ4v) is 2.86. The lowest BCUT2D eigenvalue weighted by Gasteiger charge is -2.27. The summed E-state index contributed by atoms with van der Waals surface area (Å²) in [6.45, 7) is 5.41. The highest BCUT2D eigenvalue weighted by Gasteiger charge is 2.26. The highest BCUT2D eigenvalue weighted by Crippen LogP contribution is 2.38. The predicted molar refractivity (Wildman–Crippen MR) is 81.7 cm³/mol. The minimum Gasteiger partial charge on any atom is -0.495 e. The molecule has 1 aliphatic carbocycles. The second-order valence-corrected chi connectivity index (χ2v) is 6.64. The second kappa shape index (κ2) is 5.90. The number of ether oxygens (including phenoxy) is 1. The Morgan fingerprint density at radius 1 is 1.26 bits per heavy atom. The van der Waals surface area contributed by atoms with Gasteiger partial charge in [0.25, 0.3) is 0 Å². The van der Waals surface area contributed by atoms with Crippen LogP contribution in [0.2, 0.25) is 10.0 Å². The molecule has 0 unspecified atom stereocenters. The Kier molecular flexibility index (Phi) is 4.65. The molecule has 0 saturated heterocycles. The molecule has 1 saturated carbocycles. The van der Waals surface area contributed by atoms with Gasteiger partial charge in [0.1, 0.15) is 5.75 Å². The van der Waals surface area contributed by atoms with Crippen LogP contribution in [0.15, 0.2) is 12.1 Å². The van der Waals surface area contributed by atoms with Gasteiger partial charge >= 0.3 is 0 Å². The Morgan fingerprint density at radius 3 is 2.53 bits per heavy atom. The van der Waals surface area contributed by atoms with Crippen molar-refractivity contribution in [1.82, 2.24) is 5.32 Å². The van der Waals surface area contributed by atoms with Crippen LogP contribution < -0.4 is 10.1 Å². The minimum atomic E-state index is -0.00507. The quantitative estimate of drug-likeness (QED) is 0.840. The van der Waals surface area contributed by atoms with E-state index in [9.17, 15) is 0 Å². The van der Waals surface area contributed by atoms with Crippen LogP contribution in [-0.4, -0.2) is 19.7 Å². The molecule has 4 heteroatoms. The highest BCUT2D eigenvalue weighted by atomic mass is 35.5. The summed E-state index contributed by atoms with van der Waals surface area (Å²) in [7, 11) is 1.60. The first-order chi connectivity index (χ1) is 8.94. The molecule has 1 fully saturated rings. The van der Waals surface area contributed by atoms with Crippen molar-refractivity contribution in [3.8, 4) is 5.75 Å². The largest absolute Gasteiger partial charge is 0.495 e. The third-order valence-corrected chi connectivity index (χ3v) is 4.34. The van der Waals surface area contributed by atoms with Crippen molar-refractivity contribution in [2.45, 2.75) is 44.6 Å². The summed E-state index contributed by atoms with van der Waals surface area (Å²) in [6, 6.07) is 4.47. The average molecular weight is 302 g/mol. The molecule has 2 rings (SSSR count). The average Bonchev–Trinajstić information content (AvgIpc) is 3.15. The van der Waals surface area contributed by atoms with Gasteiger partial charge in [-0.15, -0.1) is 0 Å². The van der Waals surface area contributed by atoms with Crippen molar-refractivity contribution in [3.05, 3.63) is 27.7 Å². The van der Waals surface area contributed by atoms with Crippen LogP contribution >= 0.6 is 23.2 Å². The first kappa shape index (κ1) is 15.0. The molecule has 0 aliphatic heterocycles. The molecule has 1 aromatic carbocycles. The molecule has 106 valence electrons. The maximum absolute atomic E-state index is 6.36. The van der Waals surface area contributed by atoms with Crippen molar-refractivity contribution >= 4 is 23.2 Å². The normalized spacial score (nSPS) is 15.6. The summed E-state index contributed by atoms with van der Waals surface area (Å²) in [5.41, 5.74) is 1.08. The van der Waals surface area contributed by atoms with Crippen LogP contribution in [0.1, 0.15) is 38.7 Å². The number of methoxy groups -OCH3 is 1. The summed E-state index contributed by atoms with van der Waals surface area (Å²) in [6.07, 6.45) is 3.66. The van der Waals surface area contributed by atoms with Crippen LogP contribution in [0.5, 0.6) is 5.75 Å². The van der Waals surface area contributed by atoms with Gasteiger partial charge in [-0.05, 0) is 42.9 Å². The number of rotatable bonds is 6. The fraction of sp³-hybridized carbons (Fsp3) is 0.600. The molecule has 0 atom stereocenters. The maximum Gasteiger partial charge on any atom is 0.138 e.